The molecule has 0 spiro atoms. The van der Waals surface area contributed by atoms with E-state index in [1.54, 1.807) is 0 Å². The molecular formula is C17H22ClNO4. The lowest BCUT2D eigenvalue weighted by Crippen LogP contribution is -2.32. The number of carboxylic acids is 1. The van der Waals surface area contributed by atoms with Gasteiger partial charge in [-0.25, -0.2) is 0 Å². The van der Waals surface area contributed by atoms with Crippen LogP contribution in [0.4, 0.5) is 0 Å². The molecule has 0 saturated heterocycles. The van der Waals surface area contributed by atoms with Gasteiger partial charge in [-0.3, -0.25) is 4.79 Å². The van der Waals surface area contributed by atoms with Crippen LogP contribution in [0.1, 0.15) is 12.8 Å². The number of benzene rings is 2. The minimum Gasteiger partial charge on any atom is -0.490 e. The van der Waals surface area contributed by atoms with Crippen molar-refractivity contribution in [2.75, 3.05) is 19.7 Å². The van der Waals surface area contributed by atoms with E-state index in [0.717, 1.165) is 16.5 Å². The van der Waals surface area contributed by atoms with Gasteiger partial charge in [0.15, 0.2) is 0 Å². The van der Waals surface area contributed by atoms with E-state index in [1.807, 2.05) is 42.5 Å². The average Bonchev–Trinajstić information content (AvgIpc) is 2.52. The number of fused-ring (bicyclic) bond motifs is 1. The number of carboxylic acid groups (broad SMARTS) is 1. The summed E-state index contributed by atoms with van der Waals surface area (Å²) < 4.78 is 5.69. The first-order valence-electron chi connectivity index (χ1n) is 7.38. The zero-order valence-corrected chi connectivity index (χ0v) is 13.6. The van der Waals surface area contributed by atoms with Crippen LogP contribution in [0.15, 0.2) is 42.5 Å². The number of aliphatic hydroxyl groups is 1. The molecule has 0 aliphatic carbocycles. The van der Waals surface area contributed by atoms with Crippen molar-refractivity contribution >= 4 is 29.1 Å². The molecule has 0 saturated carbocycles. The highest BCUT2D eigenvalue weighted by atomic mass is 35.5. The molecule has 126 valence electrons. The maximum Gasteiger partial charge on any atom is 0.303 e. The summed E-state index contributed by atoms with van der Waals surface area (Å²) in [6, 6.07) is 13.8. The molecule has 0 radical (unpaired) electrons. The molecule has 6 heteroatoms. The molecule has 3 N–H and O–H groups in total. The normalized spacial score (nSPS) is 11.7. The van der Waals surface area contributed by atoms with Crippen molar-refractivity contribution in [3.8, 4) is 5.75 Å². The molecule has 0 aliphatic rings. The molecule has 23 heavy (non-hydrogen) atoms. The summed E-state index contributed by atoms with van der Waals surface area (Å²) in [6.45, 7) is 1.14. The Kier molecular flexibility index (Phi) is 8.40. The van der Waals surface area contributed by atoms with E-state index in [0.29, 0.717) is 19.5 Å². The summed E-state index contributed by atoms with van der Waals surface area (Å²) in [7, 11) is 0. The molecule has 2 aromatic rings. The predicted molar refractivity (Wildman–Crippen MR) is 92.4 cm³/mol. The minimum atomic E-state index is -0.804. The van der Waals surface area contributed by atoms with Crippen LogP contribution in [0.3, 0.4) is 0 Å². The number of aliphatic hydroxyl groups excluding tert-OH is 1. The topological polar surface area (TPSA) is 78.8 Å². The fraction of sp³-hybridized carbons (Fsp3) is 0.353. The molecule has 0 aliphatic heterocycles. The third kappa shape index (κ3) is 6.44. The molecule has 2 aromatic carbocycles. The summed E-state index contributed by atoms with van der Waals surface area (Å²) in [5, 5.41) is 23.5. The number of hydrogen-bond donors (Lipinski definition) is 3. The highest BCUT2D eigenvalue weighted by Gasteiger charge is 2.07. The number of aliphatic carboxylic acids is 1. The van der Waals surface area contributed by atoms with Crippen LogP contribution in [0.5, 0.6) is 5.75 Å². The molecule has 0 aromatic heterocycles. The van der Waals surface area contributed by atoms with Crippen molar-refractivity contribution in [2.24, 2.45) is 0 Å². The second-order valence-electron chi connectivity index (χ2n) is 5.14. The van der Waals surface area contributed by atoms with Crippen molar-refractivity contribution in [1.29, 1.82) is 0 Å². The van der Waals surface area contributed by atoms with Gasteiger partial charge in [0.05, 0.1) is 0 Å². The van der Waals surface area contributed by atoms with E-state index in [1.165, 1.54) is 0 Å². The maximum absolute atomic E-state index is 10.4. The number of rotatable bonds is 9. The van der Waals surface area contributed by atoms with Crippen LogP contribution in [0.25, 0.3) is 10.8 Å². The standard InChI is InChI=1S/C17H21NO4.ClH/c19-14(11-18-10-4-9-17(20)21)12-22-16-8-3-6-13-5-1-2-7-15(13)16;/h1-3,5-8,14,18-19H,4,9-12H2,(H,20,21);1H. The third-order valence-corrected chi connectivity index (χ3v) is 3.31. The smallest absolute Gasteiger partial charge is 0.303 e. The molecular weight excluding hydrogens is 318 g/mol. The van der Waals surface area contributed by atoms with Crippen LogP contribution in [0, 0.1) is 0 Å². The molecule has 0 fully saturated rings. The number of halogens is 1. The van der Waals surface area contributed by atoms with Crippen molar-refractivity contribution in [1.82, 2.24) is 5.32 Å². The van der Waals surface area contributed by atoms with Crippen molar-refractivity contribution < 1.29 is 19.7 Å². The van der Waals surface area contributed by atoms with Gasteiger partial charge in [0.25, 0.3) is 0 Å². The third-order valence-electron chi connectivity index (χ3n) is 3.31. The molecule has 0 bridgehead atoms. The lowest BCUT2D eigenvalue weighted by atomic mass is 10.1. The van der Waals surface area contributed by atoms with Crippen LogP contribution in [0.2, 0.25) is 0 Å². The van der Waals surface area contributed by atoms with Gasteiger partial charge >= 0.3 is 5.97 Å². The minimum absolute atomic E-state index is 0. The quantitative estimate of drug-likeness (QED) is 0.612. The van der Waals surface area contributed by atoms with Crippen molar-refractivity contribution in [3.63, 3.8) is 0 Å². The van der Waals surface area contributed by atoms with E-state index in [2.05, 4.69) is 5.32 Å². The molecule has 5 nitrogen and oxygen atoms in total. The first-order chi connectivity index (χ1) is 10.7. The lowest BCUT2D eigenvalue weighted by Gasteiger charge is -2.14. The van der Waals surface area contributed by atoms with Crippen molar-refractivity contribution in [3.05, 3.63) is 42.5 Å². The Bertz CT molecular complexity index is 615. The number of carbonyl (C=O) groups is 1. The highest BCUT2D eigenvalue weighted by Crippen LogP contribution is 2.25. The number of ether oxygens (including phenoxy) is 1. The Hall–Kier alpha value is -1.82. The Morgan fingerprint density at radius 1 is 1.17 bits per heavy atom. The molecule has 1 atom stereocenters. The Balaban J connectivity index is 0.00000264. The van der Waals surface area contributed by atoms with Gasteiger partial charge in [-0.15, -0.1) is 12.4 Å². The van der Waals surface area contributed by atoms with Crippen LogP contribution in [-0.4, -0.2) is 42.0 Å². The molecule has 0 amide bonds. The number of hydrogen-bond acceptors (Lipinski definition) is 4. The first kappa shape index (κ1) is 19.2. The lowest BCUT2D eigenvalue weighted by molar-refractivity contribution is -0.137. The Morgan fingerprint density at radius 3 is 2.70 bits per heavy atom. The Morgan fingerprint density at radius 2 is 1.91 bits per heavy atom. The zero-order valence-electron chi connectivity index (χ0n) is 12.8. The highest BCUT2D eigenvalue weighted by molar-refractivity contribution is 5.88. The Labute approximate surface area is 141 Å². The first-order valence-corrected chi connectivity index (χ1v) is 7.38. The van der Waals surface area contributed by atoms with E-state index in [-0.39, 0.29) is 25.4 Å². The second kappa shape index (κ2) is 10.0. The largest absolute Gasteiger partial charge is 0.490 e. The van der Waals surface area contributed by atoms with Gasteiger partial charge in [-0.1, -0.05) is 36.4 Å². The summed E-state index contributed by atoms with van der Waals surface area (Å²) in [5.41, 5.74) is 0. The van der Waals surface area contributed by atoms with Crippen LogP contribution >= 0.6 is 12.4 Å². The van der Waals surface area contributed by atoms with Crippen molar-refractivity contribution in [2.45, 2.75) is 18.9 Å². The zero-order chi connectivity index (χ0) is 15.8. The second-order valence-corrected chi connectivity index (χ2v) is 5.14. The monoisotopic (exact) mass is 339 g/mol. The SMILES string of the molecule is Cl.O=C(O)CCCNCC(O)COc1cccc2ccccc12. The number of nitrogens with one attached hydrogen (secondary N) is 1. The van der Waals surface area contributed by atoms with Gasteiger partial charge in [0.1, 0.15) is 18.5 Å². The fourth-order valence-corrected chi connectivity index (χ4v) is 2.20. The van der Waals surface area contributed by atoms with E-state index < -0.39 is 12.1 Å². The van der Waals surface area contributed by atoms with Gasteiger partial charge in [-0.05, 0) is 24.4 Å². The van der Waals surface area contributed by atoms with Gasteiger partial charge in [0.2, 0.25) is 0 Å². The summed E-state index contributed by atoms with van der Waals surface area (Å²) in [4.78, 5) is 10.4. The van der Waals surface area contributed by atoms with Gasteiger partial charge in [0, 0.05) is 18.4 Å². The summed E-state index contributed by atoms with van der Waals surface area (Å²) in [5.74, 6) is -0.0512. The summed E-state index contributed by atoms with van der Waals surface area (Å²) in [6.07, 6.45) is 0.0470. The van der Waals surface area contributed by atoms with Gasteiger partial charge < -0.3 is 20.3 Å². The molecule has 1 unspecified atom stereocenters. The van der Waals surface area contributed by atoms with E-state index in [4.69, 9.17) is 9.84 Å². The fourth-order valence-electron chi connectivity index (χ4n) is 2.20. The van der Waals surface area contributed by atoms with E-state index >= 15 is 0 Å². The maximum atomic E-state index is 10.4. The summed E-state index contributed by atoms with van der Waals surface area (Å²) >= 11 is 0. The van der Waals surface area contributed by atoms with Crippen LogP contribution in [-0.2, 0) is 4.79 Å². The van der Waals surface area contributed by atoms with E-state index in [9.17, 15) is 9.90 Å². The molecule has 2 rings (SSSR count). The molecule has 0 heterocycles. The van der Waals surface area contributed by atoms with Crippen LogP contribution < -0.4 is 10.1 Å². The average molecular weight is 340 g/mol. The predicted octanol–water partition coefficient (Wildman–Crippen LogP) is 2.46. The van der Waals surface area contributed by atoms with Gasteiger partial charge in [-0.2, -0.15) is 0 Å².